The smallest absolute Gasteiger partial charge is 0.186 e. The van der Waals surface area contributed by atoms with E-state index in [4.69, 9.17) is 23.7 Å². The summed E-state index contributed by atoms with van der Waals surface area (Å²) in [7, 11) is 2.93. The van der Waals surface area contributed by atoms with Gasteiger partial charge in [0.25, 0.3) is 0 Å². The number of methoxy groups -OCH3 is 2. The Hall–Kier alpha value is -2.64. The van der Waals surface area contributed by atoms with Gasteiger partial charge in [0.2, 0.25) is 0 Å². The summed E-state index contributed by atoms with van der Waals surface area (Å²) < 4.78 is 28.1. The predicted octanol–water partition coefficient (Wildman–Crippen LogP) is 0.478. The third-order valence-electron chi connectivity index (χ3n) is 7.06. The third-order valence-corrected chi connectivity index (χ3v) is 7.06. The van der Waals surface area contributed by atoms with Crippen LogP contribution in [0.3, 0.4) is 0 Å². The van der Waals surface area contributed by atoms with Crippen LogP contribution in [0.5, 0.6) is 23.0 Å². The van der Waals surface area contributed by atoms with E-state index in [1.807, 2.05) is 0 Å². The molecule has 11 nitrogen and oxygen atoms in total. The van der Waals surface area contributed by atoms with Crippen molar-refractivity contribution in [1.29, 1.82) is 0 Å². The molecule has 11 heteroatoms. The van der Waals surface area contributed by atoms with Crippen molar-refractivity contribution in [3.05, 3.63) is 47.5 Å². The van der Waals surface area contributed by atoms with Crippen LogP contribution >= 0.6 is 0 Å². The first kappa shape index (κ1) is 27.4. The molecule has 2 aromatic rings. The minimum atomic E-state index is -1.55. The molecule has 0 saturated carbocycles. The van der Waals surface area contributed by atoms with Crippen LogP contribution in [-0.2, 0) is 20.6 Å². The highest BCUT2D eigenvalue weighted by molar-refractivity contribution is 5.43. The standard InChI is InChI=1S/C26H34O11/c1-33-19-8-13(3-5-17(19)28)7-15-11-35-25(14-4-6-18(29)20(9-14)34-2)16(15)12-36-26-24(32)23(31)22(30)21(10-27)37-26/h3-6,8-9,15-16,21-32H,7,10-12H2,1-2H3/t15-,16-,21-,22+,23-,24+,25+,26-/m0/s1. The van der Waals surface area contributed by atoms with Gasteiger partial charge in [0, 0.05) is 5.92 Å². The monoisotopic (exact) mass is 522 g/mol. The van der Waals surface area contributed by atoms with Crippen molar-refractivity contribution in [2.45, 2.75) is 43.2 Å². The fraction of sp³-hybridized carbons (Fsp3) is 0.538. The number of phenolic OH excluding ortho intramolecular Hbond substituents is 2. The van der Waals surface area contributed by atoms with Crippen LogP contribution in [0.1, 0.15) is 17.2 Å². The average Bonchev–Trinajstić information content (AvgIpc) is 3.30. The van der Waals surface area contributed by atoms with E-state index in [0.717, 1.165) is 11.1 Å². The van der Waals surface area contributed by atoms with E-state index in [2.05, 4.69) is 0 Å². The first-order valence-corrected chi connectivity index (χ1v) is 12.0. The highest BCUT2D eigenvalue weighted by atomic mass is 16.7. The van der Waals surface area contributed by atoms with Crippen LogP contribution in [0.4, 0.5) is 0 Å². The molecule has 8 atom stereocenters. The van der Waals surface area contributed by atoms with Crippen molar-refractivity contribution in [3.63, 3.8) is 0 Å². The summed E-state index contributed by atoms with van der Waals surface area (Å²) in [6, 6.07) is 10.0. The Labute approximate surface area is 214 Å². The largest absolute Gasteiger partial charge is 0.504 e. The Bertz CT molecular complexity index is 1050. The van der Waals surface area contributed by atoms with Gasteiger partial charge in [0.1, 0.15) is 24.4 Å². The number of benzene rings is 2. The molecular formula is C26H34O11. The average molecular weight is 523 g/mol. The fourth-order valence-corrected chi connectivity index (χ4v) is 4.93. The lowest BCUT2D eigenvalue weighted by Crippen LogP contribution is -2.59. The van der Waals surface area contributed by atoms with Crippen LogP contribution in [-0.4, -0.2) is 95.4 Å². The van der Waals surface area contributed by atoms with Gasteiger partial charge >= 0.3 is 0 Å². The highest BCUT2D eigenvalue weighted by Crippen LogP contribution is 2.43. The number of aliphatic hydroxyl groups excluding tert-OH is 4. The highest BCUT2D eigenvalue weighted by Gasteiger charge is 2.45. The molecule has 4 rings (SSSR count). The fourth-order valence-electron chi connectivity index (χ4n) is 4.93. The lowest BCUT2D eigenvalue weighted by molar-refractivity contribution is -0.304. The molecule has 6 N–H and O–H groups in total. The molecule has 0 aliphatic carbocycles. The number of aromatic hydroxyl groups is 2. The zero-order valence-electron chi connectivity index (χ0n) is 20.6. The van der Waals surface area contributed by atoms with Gasteiger partial charge < -0.3 is 54.3 Å². The number of hydrogen-bond acceptors (Lipinski definition) is 11. The molecule has 2 aliphatic heterocycles. The van der Waals surface area contributed by atoms with E-state index in [1.165, 1.54) is 20.3 Å². The van der Waals surface area contributed by atoms with Crippen molar-refractivity contribution < 1.29 is 54.3 Å². The summed E-state index contributed by atoms with van der Waals surface area (Å²) >= 11 is 0. The van der Waals surface area contributed by atoms with Crippen molar-refractivity contribution in [3.8, 4) is 23.0 Å². The first-order chi connectivity index (χ1) is 17.8. The summed E-state index contributed by atoms with van der Waals surface area (Å²) in [5.41, 5.74) is 1.66. The van der Waals surface area contributed by atoms with E-state index in [1.54, 1.807) is 30.3 Å². The number of rotatable bonds is 9. The van der Waals surface area contributed by atoms with Crippen molar-refractivity contribution in [1.82, 2.24) is 0 Å². The van der Waals surface area contributed by atoms with Gasteiger partial charge in [-0.2, -0.15) is 0 Å². The third kappa shape index (κ3) is 5.78. The molecule has 37 heavy (non-hydrogen) atoms. The molecule has 0 aromatic heterocycles. The lowest BCUT2D eigenvalue weighted by atomic mass is 9.84. The molecule has 0 unspecified atom stereocenters. The second kappa shape index (κ2) is 11.8. The molecule has 2 heterocycles. The van der Waals surface area contributed by atoms with Gasteiger partial charge in [-0.15, -0.1) is 0 Å². The Kier molecular flexibility index (Phi) is 8.75. The van der Waals surface area contributed by atoms with Gasteiger partial charge in [-0.25, -0.2) is 0 Å². The Morgan fingerprint density at radius 1 is 0.892 bits per heavy atom. The van der Waals surface area contributed by atoms with Crippen LogP contribution in [0.2, 0.25) is 0 Å². The number of ether oxygens (including phenoxy) is 5. The molecule has 0 radical (unpaired) electrons. The molecule has 2 aromatic carbocycles. The molecule has 0 spiro atoms. The van der Waals surface area contributed by atoms with E-state index in [-0.39, 0.29) is 29.9 Å². The maximum Gasteiger partial charge on any atom is 0.186 e. The minimum absolute atomic E-state index is 0.00824. The van der Waals surface area contributed by atoms with E-state index >= 15 is 0 Å². The zero-order chi connectivity index (χ0) is 26.7. The van der Waals surface area contributed by atoms with E-state index < -0.39 is 43.4 Å². The summed E-state index contributed by atoms with van der Waals surface area (Å²) in [5.74, 6) is 0.341. The summed E-state index contributed by atoms with van der Waals surface area (Å²) in [4.78, 5) is 0. The molecular weight excluding hydrogens is 488 g/mol. The van der Waals surface area contributed by atoms with Gasteiger partial charge in [-0.05, 0) is 47.7 Å². The topological polar surface area (TPSA) is 168 Å². The first-order valence-electron chi connectivity index (χ1n) is 12.0. The molecule has 2 aliphatic rings. The van der Waals surface area contributed by atoms with Crippen molar-refractivity contribution >= 4 is 0 Å². The van der Waals surface area contributed by atoms with Crippen LogP contribution in [0, 0.1) is 11.8 Å². The SMILES string of the molecule is COc1cc(C[C@H]2CO[C@H](c3ccc(O)c(OC)c3)[C@H]2CO[C@H]2O[C@@H](CO)[C@@H](O)[C@H](O)[C@H]2O)ccc1O. The van der Waals surface area contributed by atoms with Gasteiger partial charge in [-0.3, -0.25) is 0 Å². The quantitative estimate of drug-likeness (QED) is 0.271. The normalized spacial score (nSPS) is 31.8. The lowest BCUT2D eigenvalue weighted by Gasteiger charge is -2.40. The second-order valence-corrected chi connectivity index (χ2v) is 9.35. The zero-order valence-corrected chi connectivity index (χ0v) is 20.6. The molecule has 0 amide bonds. The second-order valence-electron chi connectivity index (χ2n) is 9.35. The van der Waals surface area contributed by atoms with Crippen LogP contribution in [0.15, 0.2) is 36.4 Å². The molecule has 2 fully saturated rings. The van der Waals surface area contributed by atoms with Crippen LogP contribution in [0.25, 0.3) is 0 Å². The summed E-state index contributed by atoms with van der Waals surface area (Å²) in [5, 5.41) is 60.0. The van der Waals surface area contributed by atoms with Crippen LogP contribution < -0.4 is 9.47 Å². The minimum Gasteiger partial charge on any atom is -0.504 e. The maximum absolute atomic E-state index is 10.4. The Balaban J connectivity index is 1.57. The predicted molar refractivity (Wildman–Crippen MR) is 128 cm³/mol. The number of phenols is 2. The molecule has 2 saturated heterocycles. The van der Waals surface area contributed by atoms with Gasteiger partial charge in [0.05, 0.1) is 40.1 Å². The Morgan fingerprint density at radius 3 is 2.24 bits per heavy atom. The van der Waals surface area contributed by atoms with Gasteiger partial charge in [0.15, 0.2) is 29.3 Å². The number of aliphatic hydroxyl groups is 4. The Morgan fingerprint density at radius 2 is 1.57 bits per heavy atom. The van der Waals surface area contributed by atoms with E-state index in [9.17, 15) is 30.6 Å². The summed E-state index contributed by atoms with van der Waals surface area (Å²) in [6.07, 6.45) is -6.81. The molecule has 204 valence electrons. The maximum atomic E-state index is 10.4. The van der Waals surface area contributed by atoms with Gasteiger partial charge in [-0.1, -0.05) is 12.1 Å². The molecule has 0 bridgehead atoms. The van der Waals surface area contributed by atoms with E-state index in [0.29, 0.717) is 24.5 Å². The van der Waals surface area contributed by atoms with Crippen molar-refractivity contribution in [2.75, 3.05) is 34.0 Å². The number of hydrogen-bond donors (Lipinski definition) is 6. The van der Waals surface area contributed by atoms with Crippen molar-refractivity contribution in [2.24, 2.45) is 11.8 Å². The summed E-state index contributed by atoms with van der Waals surface area (Å²) in [6.45, 7) is -0.130.